The Balaban J connectivity index is 1.30. The number of aliphatic hydroxyl groups excluding tert-OH is 10. The second-order valence-corrected chi connectivity index (χ2v) is 11.5. The number of hydrogen-bond acceptors (Lipinski definition) is 20. The summed E-state index contributed by atoms with van der Waals surface area (Å²) in [6.07, 6.45) is -25.8. The van der Waals surface area contributed by atoms with E-state index in [9.17, 15) is 55.9 Å². The maximum absolute atomic E-state index is 11.2. The Morgan fingerprint density at radius 1 is 0.617 bits per heavy atom. The van der Waals surface area contributed by atoms with Crippen molar-refractivity contribution in [3.63, 3.8) is 0 Å². The first kappa shape index (κ1) is 38.5. The van der Waals surface area contributed by atoms with Gasteiger partial charge in [0.25, 0.3) is 5.79 Å². The lowest BCUT2D eigenvalue weighted by Crippen LogP contribution is -2.66. The molecule has 0 aromatic rings. The molecule has 4 fully saturated rings. The number of carboxylic acid groups (broad SMARTS) is 1. The molecule has 0 aliphatic carbocycles. The normalized spacial score (nSPS) is 47.9. The topological polar surface area (TPSA) is 323 Å². The van der Waals surface area contributed by atoms with E-state index in [-0.39, 0.29) is 26.4 Å². The molecule has 0 amide bonds. The van der Waals surface area contributed by atoms with Crippen LogP contribution in [0.1, 0.15) is 6.92 Å². The average Bonchev–Trinajstić information content (AvgIpc) is 3.06. The Kier molecular flexibility index (Phi) is 13.6. The summed E-state index contributed by atoms with van der Waals surface area (Å²) in [7, 11) is 0. The maximum atomic E-state index is 11.2. The molecule has 0 unspecified atom stereocenters. The Morgan fingerprint density at radius 2 is 1.04 bits per heavy atom. The Labute approximate surface area is 267 Å². The van der Waals surface area contributed by atoms with Crippen LogP contribution in [0.25, 0.3) is 0 Å². The first-order chi connectivity index (χ1) is 22.3. The van der Waals surface area contributed by atoms with Gasteiger partial charge in [-0.2, -0.15) is 0 Å². The lowest BCUT2D eigenvalue weighted by Gasteiger charge is -2.48. The monoisotopic (exact) mass is 692 g/mol. The molecule has 0 spiro atoms. The predicted octanol–water partition coefficient (Wildman–Crippen LogP) is -7.32. The predicted molar refractivity (Wildman–Crippen MR) is 143 cm³/mol. The van der Waals surface area contributed by atoms with Crippen molar-refractivity contribution in [1.29, 1.82) is 0 Å². The summed E-state index contributed by atoms with van der Waals surface area (Å²) in [6.45, 7) is -1.55. The smallest absolute Gasteiger partial charge is 0.364 e. The van der Waals surface area contributed by atoms with Gasteiger partial charge in [-0.05, 0) is 0 Å². The standard InChI is InChI=1S/C26H44O21/c1-26(25(37)38)41-7-9(8-42-26)39-2-3-40-22-18(35)15(32)20(11(5-28)44-22)47-24-19(36)16(33)21(12(6-29)45-24)46-23-17(34)14(31)13(30)10(4-27)43-23/h9-24,27-36H,2-8H2,1H3,(H,37,38)/t9?,10-,11-,12-,13+,14+,15-,16-,17-,18-,19-,20-,21+,22-,23-,24+,26?/m1/s1. The SMILES string of the molecule is CC1(C(=O)O)OCC(OCCO[C@@H]2O[C@H](CO)[C@@H](O[C@@H]3O[C@H](CO)[C@H](O[C@H]4O[C@H](CO)[C@H](O)[C@H](O)[C@H]4O)[C@H](O)[C@H]3O)[C@H](O)[C@H]2O)CO1. The quantitative estimate of drug-likeness (QED) is 0.0799. The Bertz CT molecular complexity index is 976. The van der Waals surface area contributed by atoms with E-state index < -0.39 is 130 Å². The molecule has 11 N–H and O–H groups in total. The Hall–Kier alpha value is -1.29. The fourth-order valence-corrected chi connectivity index (χ4v) is 5.37. The zero-order chi connectivity index (χ0) is 34.6. The molecular weight excluding hydrogens is 648 g/mol. The minimum atomic E-state index is -1.95. The summed E-state index contributed by atoms with van der Waals surface area (Å²) in [5.41, 5.74) is 0. The van der Waals surface area contributed by atoms with Crippen LogP contribution in [0.15, 0.2) is 0 Å². The van der Waals surface area contributed by atoms with Crippen molar-refractivity contribution in [2.75, 3.05) is 46.2 Å². The molecule has 4 saturated heterocycles. The largest absolute Gasteiger partial charge is 0.477 e. The molecule has 274 valence electrons. The lowest BCUT2D eigenvalue weighted by atomic mass is 9.96. The van der Waals surface area contributed by atoms with Crippen molar-refractivity contribution in [2.45, 2.75) is 111 Å². The summed E-state index contributed by atoms with van der Waals surface area (Å²) in [4.78, 5) is 11.2. The average molecular weight is 693 g/mol. The van der Waals surface area contributed by atoms with Gasteiger partial charge in [-0.3, -0.25) is 0 Å². The maximum Gasteiger partial charge on any atom is 0.364 e. The first-order valence-corrected chi connectivity index (χ1v) is 14.9. The number of aliphatic carboxylic acids is 1. The van der Waals surface area contributed by atoms with Crippen LogP contribution in [0.3, 0.4) is 0 Å². The third-order valence-corrected chi connectivity index (χ3v) is 8.27. The molecule has 4 aliphatic heterocycles. The molecule has 4 aliphatic rings. The third kappa shape index (κ3) is 8.54. The van der Waals surface area contributed by atoms with Crippen LogP contribution in [-0.2, 0) is 47.4 Å². The van der Waals surface area contributed by atoms with Gasteiger partial charge in [0.15, 0.2) is 18.9 Å². The van der Waals surface area contributed by atoms with E-state index in [2.05, 4.69) is 0 Å². The van der Waals surface area contributed by atoms with Crippen molar-refractivity contribution in [3.8, 4) is 0 Å². The van der Waals surface area contributed by atoms with Crippen molar-refractivity contribution < 1.29 is 104 Å². The van der Waals surface area contributed by atoms with Crippen LogP contribution < -0.4 is 0 Å². The number of rotatable bonds is 13. The highest BCUT2D eigenvalue weighted by molar-refractivity contribution is 5.75. The molecule has 0 bridgehead atoms. The van der Waals surface area contributed by atoms with Gasteiger partial charge in [-0.25, -0.2) is 4.79 Å². The van der Waals surface area contributed by atoms with Crippen LogP contribution in [0.5, 0.6) is 0 Å². The highest BCUT2D eigenvalue weighted by Crippen LogP contribution is 2.32. The van der Waals surface area contributed by atoms with Gasteiger partial charge in [-0.1, -0.05) is 0 Å². The van der Waals surface area contributed by atoms with Crippen molar-refractivity contribution in [1.82, 2.24) is 0 Å². The van der Waals surface area contributed by atoms with Gasteiger partial charge in [0.1, 0.15) is 79.4 Å². The molecule has 0 aromatic heterocycles. The van der Waals surface area contributed by atoms with Crippen LogP contribution in [0, 0.1) is 0 Å². The van der Waals surface area contributed by atoms with E-state index in [1.54, 1.807) is 0 Å². The molecule has 4 rings (SSSR count). The minimum Gasteiger partial charge on any atom is -0.477 e. The second kappa shape index (κ2) is 16.6. The van der Waals surface area contributed by atoms with Crippen LogP contribution >= 0.6 is 0 Å². The number of carboxylic acids is 1. The molecule has 21 heteroatoms. The van der Waals surface area contributed by atoms with Crippen LogP contribution in [-0.4, -0.2) is 212 Å². The summed E-state index contributed by atoms with van der Waals surface area (Å²) < 4.78 is 48.8. The van der Waals surface area contributed by atoms with E-state index in [0.29, 0.717) is 0 Å². The number of aliphatic hydroxyl groups is 10. The lowest BCUT2D eigenvalue weighted by molar-refractivity contribution is -0.379. The van der Waals surface area contributed by atoms with E-state index in [1.807, 2.05) is 0 Å². The van der Waals surface area contributed by atoms with Gasteiger partial charge in [0, 0.05) is 6.92 Å². The first-order valence-electron chi connectivity index (χ1n) is 14.9. The van der Waals surface area contributed by atoms with Crippen LogP contribution in [0.4, 0.5) is 0 Å². The van der Waals surface area contributed by atoms with Gasteiger partial charge >= 0.3 is 5.97 Å². The summed E-state index contributed by atoms with van der Waals surface area (Å²) in [5, 5.41) is 112. The number of hydrogen-bond donors (Lipinski definition) is 11. The minimum absolute atomic E-state index is 0.0722. The highest BCUT2D eigenvalue weighted by Gasteiger charge is 2.53. The molecule has 0 radical (unpaired) electrons. The van der Waals surface area contributed by atoms with Crippen molar-refractivity contribution >= 4 is 5.97 Å². The van der Waals surface area contributed by atoms with Gasteiger partial charge in [0.05, 0.1) is 46.2 Å². The molecular formula is C26H44O21. The van der Waals surface area contributed by atoms with Gasteiger partial charge in [-0.15, -0.1) is 0 Å². The summed E-state index contributed by atoms with van der Waals surface area (Å²) in [6, 6.07) is 0. The fraction of sp³-hybridized carbons (Fsp3) is 0.962. The second-order valence-electron chi connectivity index (χ2n) is 11.5. The third-order valence-electron chi connectivity index (χ3n) is 8.27. The number of ether oxygens (including phenoxy) is 9. The number of carbonyl (C=O) groups is 1. The van der Waals surface area contributed by atoms with Crippen molar-refractivity contribution in [3.05, 3.63) is 0 Å². The van der Waals surface area contributed by atoms with Crippen molar-refractivity contribution in [2.24, 2.45) is 0 Å². The molecule has 4 heterocycles. The van der Waals surface area contributed by atoms with E-state index >= 15 is 0 Å². The fourth-order valence-electron chi connectivity index (χ4n) is 5.37. The van der Waals surface area contributed by atoms with E-state index in [1.165, 1.54) is 6.92 Å². The molecule has 15 atom stereocenters. The Morgan fingerprint density at radius 3 is 1.53 bits per heavy atom. The molecule has 0 aromatic carbocycles. The van der Waals surface area contributed by atoms with E-state index in [0.717, 1.165) is 0 Å². The zero-order valence-corrected chi connectivity index (χ0v) is 25.2. The molecule has 47 heavy (non-hydrogen) atoms. The van der Waals surface area contributed by atoms with Gasteiger partial charge in [0.2, 0.25) is 0 Å². The molecule has 0 saturated carbocycles. The van der Waals surface area contributed by atoms with Crippen LogP contribution in [0.2, 0.25) is 0 Å². The summed E-state index contributed by atoms with van der Waals surface area (Å²) in [5.74, 6) is -3.08. The van der Waals surface area contributed by atoms with Gasteiger partial charge < -0.3 is 98.8 Å². The molecule has 21 nitrogen and oxygen atoms in total. The zero-order valence-electron chi connectivity index (χ0n) is 25.2. The van der Waals surface area contributed by atoms with E-state index in [4.69, 9.17) is 47.7 Å². The highest BCUT2D eigenvalue weighted by atomic mass is 16.8. The summed E-state index contributed by atoms with van der Waals surface area (Å²) >= 11 is 0.